The molecular formula is C24H26N2O4. The first-order valence-electron chi connectivity index (χ1n) is 10.4. The number of carbonyl (C=O) groups is 2. The van der Waals surface area contributed by atoms with E-state index in [9.17, 15) is 9.59 Å². The van der Waals surface area contributed by atoms with E-state index in [1.807, 2.05) is 42.2 Å². The quantitative estimate of drug-likeness (QED) is 0.678. The fourth-order valence-electron chi connectivity index (χ4n) is 4.07. The van der Waals surface area contributed by atoms with Gasteiger partial charge in [0, 0.05) is 25.2 Å². The van der Waals surface area contributed by atoms with Gasteiger partial charge in [0.1, 0.15) is 17.1 Å². The van der Waals surface area contributed by atoms with E-state index >= 15 is 0 Å². The topological polar surface area (TPSA) is 71.8 Å². The molecule has 0 spiro atoms. The zero-order valence-corrected chi connectivity index (χ0v) is 17.4. The van der Waals surface area contributed by atoms with Gasteiger partial charge in [0.2, 0.25) is 0 Å². The molecule has 2 heterocycles. The summed E-state index contributed by atoms with van der Waals surface area (Å²) in [5, 5.41) is 3.38. The number of amides is 2. The van der Waals surface area contributed by atoms with Crippen molar-refractivity contribution in [3.63, 3.8) is 0 Å². The highest BCUT2D eigenvalue weighted by atomic mass is 16.5. The minimum Gasteiger partial charge on any atom is -0.496 e. The summed E-state index contributed by atoms with van der Waals surface area (Å²) in [6.45, 7) is 3.75. The Morgan fingerprint density at radius 1 is 1.03 bits per heavy atom. The summed E-state index contributed by atoms with van der Waals surface area (Å²) in [5.74, 6) is 0.515. The summed E-state index contributed by atoms with van der Waals surface area (Å²) in [5.41, 5.74) is 2.04. The second-order valence-corrected chi connectivity index (χ2v) is 7.40. The van der Waals surface area contributed by atoms with E-state index in [0.717, 1.165) is 24.8 Å². The molecule has 2 amide bonds. The van der Waals surface area contributed by atoms with Crippen LogP contribution in [0.1, 0.15) is 46.9 Å². The van der Waals surface area contributed by atoms with Crippen LogP contribution in [0.25, 0.3) is 22.3 Å². The number of furan rings is 1. The monoisotopic (exact) mass is 406 g/mol. The number of benzene rings is 2. The molecule has 0 atom stereocenters. The van der Waals surface area contributed by atoms with E-state index < -0.39 is 0 Å². The van der Waals surface area contributed by atoms with E-state index in [2.05, 4.69) is 5.32 Å². The number of ether oxygens (including phenoxy) is 1. The van der Waals surface area contributed by atoms with Gasteiger partial charge in [-0.1, -0.05) is 30.3 Å². The summed E-state index contributed by atoms with van der Waals surface area (Å²) >= 11 is 0. The summed E-state index contributed by atoms with van der Waals surface area (Å²) in [6, 6.07) is 13.0. The average molecular weight is 406 g/mol. The van der Waals surface area contributed by atoms with Crippen LogP contribution in [-0.4, -0.2) is 43.5 Å². The molecule has 1 aromatic heterocycles. The molecule has 6 heteroatoms. The molecule has 6 nitrogen and oxygen atoms in total. The molecule has 1 aliphatic heterocycles. The number of hydrogen-bond donors (Lipinski definition) is 1. The number of carbonyl (C=O) groups excluding carboxylic acids is 2. The Labute approximate surface area is 175 Å². The van der Waals surface area contributed by atoms with E-state index in [-0.39, 0.29) is 11.8 Å². The van der Waals surface area contributed by atoms with Crippen LogP contribution < -0.4 is 10.1 Å². The third-order valence-corrected chi connectivity index (χ3v) is 5.50. The van der Waals surface area contributed by atoms with Crippen LogP contribution in [0, 0.1) is 0 Å². The van der Waals surface area contributed by atoms with Crippen molar-refractivity contribution in [3.05, 3.63) is 53.6 Å². The Bertz CT molecular complexity index is 1070. The van der Waals surface area contributed by atoms with Gasteiger partial charge in [-0.15, -0.1) is 0 Å². The van der Waals surface area contributed by atoms with E-state index in [1.165, 1.54) is 7.11 Å². The van der Waals surface area contributed by atoms with Crippen molar-refractivity contribution in [3.8, 4) is 17.1 Å². The summed E-state index contributed by atoms with van der Waals surface area (Å²) in [7, 11) is 1.54. The van der Waals surface area contributed by atoms with Crippen LogP contribution in [0.15, 0.2) is 46.9 Å². The normalized spacial score (nSPS) is 14.0. The summed E-state index contributed by atoms with van der Waals surface area (Å²) in [4.78, 5) is 28.5. The number of hydrogen-bond acceptors (Lipinski definition) is 4. The largest absolute Gasteiger partial charge is 0.496 e. The van der Waals surface area contributed by atoms with Crippen LogP contribution >= 0.6 is 0 Å². The lowest BCUT2D eigenvalue weighted by Crippen LogP contribution is -2.36. The molecule has 156 valence electrons. The summed E-state index contributed by atoms with van der Waals surface area (Å²) < 4.78 is 11.7. The predicted molar refractivity (Wildman–Crippen MR) is 116 cm³/mol. The van der Waals surface area contributed by atoms with Crippen molar-refractivity contribution in [1.82, 2.24) is 10.2 Å². The Kier molecular flexibility index (Phi) is 5.74. The minimum atomic E-state index is -0.268. The molecule has 1 aliphatic rings. The van der Waals surface area contributed by atoms with E-state index in [0.29, 0.717) is 53.2 Å². The Hall–Kier alpha value is -3.28. The third kappa shape index (κ3) is 3.54. The molecule has 1 N–H and O–H groups in total. The van der Waals surface area contributed by atoms with Gasteiger partial charge in [0.15, 0.2) is 0 Å². The molecule has 0 aliphatic carbocycles. The van der Waals surface area contributed by atoms with Gasteiger partial charge in [0.05, 0.1) is 23.6 Å². The van der Waals surface area contributed by atoms with Crippen LogP contribution in [-0.2, 0) is 0 Å². The number of fused-ring (bicyclic) bond motifs is 1. The van der Waals surface area contributed by atoms with Crippen molar-refractivity contribution in [2.45, 2.75) is 26.2 Å². The second-order valence-electron chi connectivity index (χ2n) is 7.40. The molecule has 4 rings (SSSR count). The molecular weight excluding hydrogens is 380 g/mol. The standard InChI is InChI=1S/C24H26N2O4/c1-3-25-23(27)21-19-18(30-22(21)16-10-6-4-7-11-16)13-12-17(29-2)20(19)24(28)26-14-8-5-9-15-26/h4,6-7,10-13H,3,5,8-9,14-15H2,1-2H3,(H,25,27). The number of piperidine rings is 1. The fourth-order valence-corrected chi connectivity index (χ4v) is 4.07. The maximum absolute atomic E-state index is 13.5. The van der Waals surface area contributed by atoms with Gasteiger partial charge in [-0.05, 0) is 38.3 Å². The Balaban J connectivity index is 1.99. The van der Waals surface area contributed by atoms with Crippen LogP contribution in [0.3, 0.4) is 0 Å². The highest BCUT2D eigenvalue weighted by Gasteiger charge is 2.31. The summed E-state index contributed by atoms with van der Waals surface area (Å²) in [6.07, 6.45) is 3.08. The lowest BCUT2D eigenvalue weighted by Gasteiger charge is -2.27. The minimum absolute atomic E-state index is 0.122. The molecule has 30 heavy (non-hydrogen) atoms. The maximum atomic E-state index is 13.5. The molecule has 1 saturated heterocycles. The first kappa shape index (κ1) is 20.0. The highest BCUT2D eigenvalue weighted by Crippen LogP contribution is 2.39. The number of rotatable bonds is 5. The van der Waals surface area contributed by atoms with Gasteiger partial charge < -0.3 is 19.4 Å². The van der Waals surface area contributed by atoms with Gasteiger partial charge in [0.25, 0.3) is 11.8 Å². The van der Waals surface area contributed by atoms with Gasteiger partial charge in [-0.25, -0.2) is 0 Å². The lowest BCUT2D eigenvalue weighted by molar-refractivity contribution is 0.0723. The Morgan fingerprint density at radius 3 is 2.43 bits per heavy atom. The lowest BCUT2D eigenvalue weighted by atomic mass is 9.98. The fraction of sp³-hybridized carbons (Fsp3) is 0.333. The van der Waals surface area contributed by atoms with E-state index in [1.54, 1.807) is 12.1 Å². The van der Waals surface area contributed by atoms with Crippen molar-refractivity contribution in [2.75, 3.05) is 26.7 Å². The first-order chi connectivity index (χ1) is 14.7. The van der Waals surface area contributed by atoms with Crippen LogP contribution in [0.4, 0.5) is 0 Å². The van der Waals surface area contributed by atoms with Crippen LogP contribution in [0.5, 0.6) is 5.75 Å². The number of nitrogens with one attached hydrogen (secondary N) is 1. The molecule has 3 aromatic rings. The second kappa shape index (κ2) is 8.61. The smallest absolute Gasteiger partial charge is 0.258 e. The first-order valence-corrected chi connectivity index (χ1v) is 10.4. The number of methoxy groups -OCH3 is 1. The molecule has 0 bridgehead atoms. The molecule has 0 radical (unpaired) electrons. The molecule has 2 aromatic carbocycles. The Morgan fingerprint density at radius 2 is 1.77 bits per heavy atom. The van der Waals surface area contributed by atoms with Crippen molar-refractivity contribution in [1.29, 1.82) is 0 Å². The van der Waals surface area contributed by atoms with E-state index in [4.69, 9.17) is 9.15 Å². The SMILES string of the molecule is CCNC(=O)c1c(-c2ccccc2)oc2ccc(OC)c(C(=O)N3CCCCC3)c12. The van der Waals surface area contributed by atoms with Gasteiger partial charge in [-0.2, -0.15) is 0 Å². The molecule has 1 fully saturated rings. The van der Waals surface area contributed by atoms with Crippen molar-refractivity contribution in [2.24, 2.45) is 0 Å². The predicted octanol–water partition coefficient (Wildman–Crippen LogP) is 4.48. The zero-order chi connectivity index (χ0) is 21.1. The average Bonchev–Trinajstić information content (AvgIpc) is 3.19. The third-order valence-electron chi connectivity index (χ3n) is 5.50. The van der Waals surface area contributed by atoms with Crippen molar-refractivity contribution >= 4 is 22.8 Å². The molecule has 0 saturated carbocycles. The van der Waals surface area contributed by atoms with Crippen molar-refractivity contribution < 1.29 is 18.7 Å². The zero-order valence-electron chi connectivity index (χ0n) is 17.4. The van der Waals surface area contributed by atoms with Crippen LogP contribution in [0.2, 0.25) is 0 Å². The number of likely N-dealkylation sites (tertiary alicyclic amines) is 1. The molecule has 0 unspecified atom stereocenters. The maximum Gasteiger partial charge on any atom is 0.258 e. The van der Waals surface area contributed by atoms with Gasteiger partial charge >= 0.3 is 0 Å². The number of nitrogens with zero attached hydrogens (tertiary/aromatic N) is 1. The van der Waals surface area contributed by atoms with Gasteiger partial charge in [-0.3, -0.25) is 9.59 Å². The highest BCUT2D eigenvalue weighted by molar-refractivity contribution is 6.19.